The molecule has 0 bridgehead atoms. The largest absolute Gasteiger partial charge is 0.134 e. The van der Waals surface area contributed by atoms with Gasteiger partial charge in [0.05, 0.1) is 0 Å². The van der Waals surface area contributed by atoms with Crippen molar-refractivity contribution in [2.75, 3.05) is 0 Å². The predicted octanol–water partition coefficient (Wildman–Crippen LogP) is 3.25. The first-order valence-corrected chi connectivity index (χ1v) is 9.79. The number of rotatable bonds is 3. The van der Waals surface area contributed by atoms with Gasteiger partial charge in [0.15, 0.2) is 0 Å². The van der Waals surface area contributed by atoms with E-state index < -0.39 is 0 Å². The Morgan fingerprint density at radius 2 is 1.13 bits per heavy atom. The Kier molecular flexibility index (Phi) is 3.75. The van der Waals surface area contributed by atoms with Crippen LogP contribution in [-0.2, 0) is 0 Å². The zero-order valence-electron chi connectivity index (χ0n) is 8.44. The van der Waals surface area contributed by atoms with E-state index >= 15 is 0 Å². The van der Waals surface area contributed by atoms with Gasteiger partial charge < -0.3 is 0 Å². The van der Waals surface area contributed by atoms with Gasteiger partial charge in [-0.25, -0.2) is 0 Å². The second-order valence-electron chi connectivity index (χ2n) is 3.53. The molecule has 0 aliphatic rings. The monoisotopic (exact) mass is 276 g/mol. The fourth-order valence-corrected chi connectivity index (χ4v) is 4.88. The molecule has 0 heterocycles. The molecule has 0 aliphatic carbocycles. The van der Waals surface area contributed by atoms with E-state index in [1.165, 1.54) is 11.1 Å². The van der Waals surface area contributed by atoms with Crippen LogP contribution < -0.4 is 0 Å². The highest BCUT2D eigenvalue weighted by molar-refractivity contribution is 9.23. The molecule has 0 amide bonds. The highest BCUT2D eigenvalue weighted by atomic mass is 79.9. The van der Waals surface area contributed by atoms with E-state index in [1.807, 2.05) is 0 Å². The maximum Gasteiger partial charge on any atom is 0.110 e. The lowest BCUT2D eigenvalue weighted by Crippen LogP contribution is -2.04. The van der Waals surface area contributed by atoms with Gasteiger partial charge in [0, 0.05) is 5.54 Å². The molecular formula is C13H13BrSi. The number of halogens is 1. The standard InChI is InChI=1S/C13H13BrSi/c14-15-13(11-7-3-1-4-8-11)12-9-5-2-6-10-12/h1-10,13H,15H2. The lowest BCUT2D eigenvalue weighted by molar-refractivity contribution is 1.14. The number of hydrogen-bond acceptors (Lipinski definition) is 0. The summed E-state index contributed by atoms with van der Waals surface area (Å²) < 4.78 is 0. The van der Waals surface area contributed by atoms with Crippen LogP contribution in [0.5, 0.6) is 0 Å². The van der Waals surface area contributed by atoms with Crippen molar-refractivity contribution < 1.29 is 0 Å². The molecule has 2 aromatic rings. The van der Waals surface area contributed by atoms with Gasteiger partial charge in [-0.1, -0.05) is 60.7 Å². The molecule has 15 heavy (non-hydrogen) atoms. The van der Waals surface area contributed by atoms with Gasteiger partial charge in [0.2, 0.25) is 0 Å². The summed E-state index contributed by atoms with van der Waals surface area (Å²) in [6.45, 7) is 0. The van der Waals surface area contributed by atoms with E-state index in [1.54, 1.807) is 0 Å². The number of benzene rings is 2. The molecule has 0 atom stereocenters. The van der Waals surface area contributed by atoms with Gasteiger partial charge in [-0.15, -0.1) is 15.3 Å². The zero-order valence-corrected chi connectivity index (χ0v) is 11.4. The first-order chi connectivity index (χ1) is 7.42. The van der Waals surface area contributed by atoms with Gasteiger partial charge in [-0.05, 0) is 11.1 Å². The van der Waals surface area contributed by atoms with Crippen molar-refractivity contribution in [1.82, 2.24) is 0 Å². The summed E-state index contributed by atoms with van der Waals surface area (Å²) in [5, 5.41) is 0. The van der Waals surface area contributed by atoms with Crippen LogP contribution in [0.4, 0.5) is 0 Å². The van der Waals surface area contributed by atoms with Crippen LogP contribution in [0.25, 0.3) is 0 Å². The summed E-state index contributed by atoms with van der Waals surface area (Å²) in [5.41, 5.74) is 3.44. The van der Waals surface area contributed by atoms with Crippen molar-refractivity contribution in [3.8, 4) is 0 Å². The molecule has 0 fully saturated rings. The molecule has 2 aromatic carbocycles. The fraction of sp³-hybridized carbons (Fsp3) is 0.0769. The summed E-state index contributed by atoms with van der Waals surface area (Å²) >= 11 is 3.73. The van der Waals surface area contributed by atoms with Crippen LogP contribution in [0.1, 0.15) is 16.7 Å². The highest BCUT2D eigenvalue weighted by Gasteiger charge is 2.11. The van der Waals surface area contributed by atoms with E-state index in [4.69, 9.17) is 0 Å². The molecule has 0 aliphatic heterocycles. The average Bonchev–Trinajstić information content (AvgIpc) is 2.33. The van der Waals surface area contributed by atoms with Crippen LogP contribution in [0.3, 0.4) is 0 Å². The topological polar surface area (TPSA) is 0 Å². The lowest BCUT2D eigenvalue weighted by Gasteiger charge is -2.14. The Morgan fingerprint density at radius 1 is 0.733 bits per heavy atom. The molecule has 0 nitrogen and oxygen atoms in total. The lowest BCUT2D eigenvalue weighted by atomic mass is 10.0. The summed E-state index contributed by atoms with van der Waals surface area (Å²) in [6.07, 6.45) is 0. The highest BCUT2D eigenvalue weighted by Crippen LogP contribution is 2.24. The second-order valence-corrected chi connectivity index (χ2v) is 6.60. The summed E-state index contributed by atoms with van der Waals surface area (Å²) in [4.78, 5) is 0. The third kappa shape index (κ3) is 2.58. The van der Waals surface area contributed by atoms with Crippen molar-refractivity contribution in [3.05, 3.63) is 71.8 Å². The van der Waals surface area contributed by atoms with Crippen LogP contribution >= 0.6 is 15.3 Å². The number of hydrogen-bond donors (Lipinski definition) is 0. The minimum absolute atomic E-state index is 0.256. The molecule has 0 aromatic heterocycles. The Morgan fingerprint density at radius 3 is 1.47 bits per heavy atom. The Labute approximate surface area is 101 Å². The van der Waals surface area contributed by atoms with Gasteiger partial charge in [0.1, 0.15) is 8.14 Å². The van der Waals surface area contributed by atoms with E-state index in [-0.39, 0.29) is 8.14 Å². The van der Waals surface area contributed by atoms with Crippen molar-refractivity contribution in [3.63, 3.8) is 0 Å². The third-order valence-electron chi connectivity index (χ3n) is 2.56. The van der Waals surface area contributed by atoms with Crippen molar-refractivity contribution in [1.29, 1.82) is 0 Å². The molecule has 0 N–H and O–H groups in total. The Balaban J connectivity index is 2.34. The second kappa shape index (κ2) is 5.28. The van der Waals surface area contributed by atoms with E-state index in [0.717, 1.165) is 0 Å². The van der Waals surface area contributed by atoms with Crippen LogP contribution in [-0.4, -0.2) is 8.14 Å². The van der Waals surface area contributed by atoms with Gasteiger partial charge in [-0.2, -0.15) is 0 Å². The maximum absolute atomic E-state index is 3.73. The molecule has 0 spiro atoms. The average molecular weight is 277 g/mol. The fourth-order valence-electron chi connectivity index (χ4n) is 1.74. The normalized spacial score (nSPS) is 11.3. The molecule has 0 saturated heterocycles. The van der Waals surface area contributed by atoms with Gasteiger partial charge >= 0.3 is 0 Å². The van der Waals surface area contributed by atoms with E-state index in [0.29, 0.717) is 5.54 Å². The van der Waals surface area contributed by atoms with Crippen molar-refractivity contribution >= 4 is 23.4 Å². The zero-order chi connectivity index (χ0) is 10.5. The maximum atomic E-state index is 3.73. The molecule has 2 heteroatoms. The van der Waals surface area contributed by atoms with Crippen LogP contribution in [0, 0.1) is 0 Å². The molecular weight excluding hydrogens is 264 g/mol. The quantitative estimate of drug-likeness (QED) is 0.597. The smallest absolute Gasteiger partial charge is 0.110 e. The minimum Gasteiger partial charge on any atom is -0.134 e. The first kappa shape index (κ1) is 10.6. The summed E-state index contributed by atoms with van der Waals surface area (Å²) in [6, 6.07) is 21.5. The van der Waals surface area contributed by atoms with E-state index in [9.17, 15) is 0 Å². The van der Waals surface area contributed by atoms with Crippen LogP contribution in [0.15, 0.2) is 60.7 Å². The molecule has 76 valence electrons. The third-order valence-corrected chi connectivity index (χ3v) is 5.75. The SMILES string of the molecule is Br[SiH2]C(c1ccccc1)c1ccccc1. The molecule has 0 radical (unpaired) electrons. The predicted molar refractivity (Wildman–Crippen MR) is 72.2 cm³/mol. The first-order valence-electron chi connectivity index (χ1n) is 5.07. The van der Waals surface area contributed by atoms with E-state index in [2.05, 4.69) is 76.0 Å². The Bertz CT molecular complexity index is 360. The molecule has 2 rings (SSSR count). The minimum atomic E-state index is -0.256. The summed E-state index contributed by atoms with van der Waals surface area (Å²) in [7, 11) is -0.256. The van der Waals surface area contributed by atoms with Crippen molar-refractivity contribution in [2.24, 2.45) is 0 Å². The summed E-state index contributed by atoms with van der Waals surface area (Å²) in [5.74, 6) is 0. The molecule has 0 unspecified atom stereocenters. The van der Waals surface area contributed by atoms with Gasteiger partial charge in [0.25, 0.3) is 0 Å². The van der Waals surface area contributed by atoms with Crippen molar-refractivity contribution in [2.45, 2.75) is 5.54 Å². The molecule has 0 saturated carbocycles. The van der Waals surface area contributed by atoms with Gasteiger partial charge in [-0.3, -0.25) is 0 Å². The van der Waals surface area contributed by atoms with Crippen LogP contribution in [0.2, 0.25) is 0 Å². The Hall–Kier alpha value is -0.863.